The minimum atomic E-state index is -0.184. The zero-order valence-electron chi connectivity index (χ0n) is 5.07. The Hall–Kier alpha value is -0.700. The van der Waals surface area contributed by atoms with Crippen LogP contribution in [0.2, 0.25) is 0 Å². The van der Waals surface area contributed by atoms with Crippen LogP contribution in [0.15, 0.2) is 22.0 Å². The van der Waals surface area contributed by atoms with Crippen molar-refractivity contribution in [2.75, 3.05) is 0 Å². The first-order valence-electron chi connectivity index (χ1n) is 2.69. The molecule has 0 N–H and O–H groups in total. The lowest BCUT2D eigenvalue weighted by molar-refractivity contribution is 0.816. The van der Waals surface area contributed by atoms with Crippen LogP contribution in [-0.2, 0) is 0 Å². The van der Waals surface area contributed by atoms with Gasteiger partial charge in [-0.25, -0.2) is 0 Å². The number of rotatable bonds is 2. The van der Waals surface area contributed by atoms with E-state index in [1.165, 1.54) is 0 Å². The second kappa shape index (κ2) is 2.73. The van der Waals surface area contributed by atoms with Gasteiger partial charge in [0.05, 0.1) is 0 Å². The molecular formula is C6H7NOS. The van der Waals surface area contributed by atoms with Crippen LogP contribution in [0.25, 0.3) is 0 Å². The molecule has 0 aliphatic carbocycles. The van der Waals surface area contributed by atoms with Crippen molar-refractivity contribution in [3.8, 4) is 0 Å². The van der Waals surface area contributed by atoms with Gasteiger partial charge in [-0.2, -0.15) is 16.2 Å². The van der Waals surface area contributed by atoms with Gasteiger partial charge in [0, 0.05) is 0 Å². The molecule has 1 heterocycles. The van der Waals surface area contributed by atoms with Gasteiger partial charge in [0.2, 0.25) is 0 Å². The summed E-state index contributed by atoms with van der Waals surface area (Å²) in [6.45, 7) is 1.79. The Balaban J connectivity index is 2.76. The molecule has 0 saturated heterocycles. The average molecular weight is 141 g/mol. The zero-order chi connectivity index (χ0) is 6.69. The van der Waals surface area contributed by atoms with Gasteiger partial charge in [0.15, 0.2) is 0 Å². The van der Waals surface area contributed by atoms with Gasteiger partial charge in [0.25, 0.3) is 0 Å². The average Bonchev–Trinajstić information content (AvgIpc) is 2.37. The highest BCUT2D eigenvalue weighted by molar-refractivity contribution is 7.07. The van der Waals surface area contributed by atoms with Crippen molar-refractivity contribution in [3.63, 3.8) is 0 Å². The van der Waals surface area contributed by atoms with Crippen LogP contribution in [0.3, 0.4) is 0 Å². The third-order valence-electron chi connectivity index (χ3n) is 1.18. The fourth-order valence-electron chi connectivity index (χ4n) is 0.574. The lowest BCUT2D eigenvalue weighted by Gasteiger charge is -1.93. The van der Waals surface area contributed by atoms with Crippen molar-refractivity contribution >= 4 is 11.3 Å². The van der Waals surface area contributed by atoms with E-state index in [-0.39, 0.29) is 6.04 Å². The van der Waals surface area contributed by atoms with E-state index in [2.05, 4.69) is 5.18 Å². The van der Waals surface area contributed by atoms with Gasteiger partial charge in [0.1, 0.15) is 6.04 Å². The molecule has 1 atom stereocenters. The highest BCUT2D eigenvalue weighted by atomic mass is 32.1. The summed E-state index contributed by atoms with van der Waals surface area (Å²) >= 11 is 1.58. The third-order valence-corrected chi connectivity index (χ3v) is 1.89. The molecule has 1 aromatic rings. The van der Waals surface area contributed by atoms with Crippen molar-refractivity contribution in [2.45, 2.75) is 13.0 Å². The van der Waals surface area contributed by atoms with Crippen molar-refractivity contribution in [3.05, 3.63) is 27.3 Å². The van der Waals surface area contributed by atoms with Crippen LogP contribution < -0.4 is 0 Å². The molecule has 48 valence electrons. The van der Waals surface area contributed by atoms with Crippen molar-refractivity contribution < 1.29 is 0 Å². The molecule has 0 aliphatic rings. The smallest absolute Gasteiger partial charge is 0.115 e. The summed E-state index contributed by atoms with van der Waals surface area (Å²) in [4.78, 5) is 9.96. The molecule has 0 spiro atoms. The largest absolute Gasteiger partial charge is 0.152 e. The summed E-state index contributed by atoms with van der Waals surface area (Å²) in [6.07, 6.45) is 0. The Morgan fingerprint density at radius 2 is 2.56 bits per heavy atom. The second-order valence-electron chi connectivity index (χ2n) is 1.84. The number of hydrogen-bond donors (Lipinski definition) is 0. The maximum Gasteiger partial charge on any atom is 0.115 e. The molecule has 1 aromatic heterocycles. The summed E-state index contributed by atoms with van der Waals surface area (Å²) in [7, 11) is 0. The Morgan fingerprint density at radius 1 is 1.78 bits per heavy atom. The van der Waals surface area contributed by atoms with Gasteiger partial charge in [-0.05, 0) is 29.3 Å². The maximum absolute atomic E-state index is 9.96. The topological polar surface area (TPSA) is 29.4 Å². The molecule has 1 rings (SSSR count). The van der Waals surface area contributed by atoms with Crippen molar-refractivity contribution in [1.82, 2.24) is 0 Å². The maximum atomic E-state index is 9.96. The summed E-state index contributed by atoms with van der Waals surface area (Å²) in [5.41, 5.74) is 1.01. The molecule has 0 bridgehead atoms. The number of nitroso groups, excluding NO2 is 1. The summed E-state index contributed by atoms with van der Waals surface area (Å²) in [6, 6.07) is 1.73. The van der Waals surface area contributed by atoms with Crippen LogP contribution in [0.1, 0.15) is 18.5 Å². The molecule has 0 aromatic carbocycles. The first-order chi connectivity index (χ1) is 4.34. The molecule has 2 nitrogen and oxygen atoms in total. The normalized spacial score (nSPS) is 13.0. The summed E-state index contributed by atoms with van der Waals surface area (Å²) < 4.78 is 0. The first kappa shape index (κ1) is 6.42. The van der Waals surface area contributed by atoms with Crippen LogP contribution in [0.5, 0.6) is 0 Å². The Kier molecular flexibility index (Phi) is 1.95. The van der Waals surface area contributed by atoms with E-state index >= 15 is 0 Å². The molecule has 3 heteroatoms. The number of hydrogen-bond acceptors (Lipinski definition) is 3. The predicted octanol–water partition coefficient (Wildman–Crippen LogP) is 2.58. The van der Waals surface area contributed by atoms with Gasteiger partial charge in [-0.1, -0.05) is 5.18 Å². The first-order valence-corrected chi connectivity index (χ1v) is 3.63. The highest BCUT2D eigenvalue weighted by Crippen LogP contribution is 2.18. The number of nitrogens with zero attached hydrogens (tertiary/aromatic N) is 1. The van der Waals surface area contributed by atoms with Crippen LogP contribution >= 0.6 is 11.3 Å². The van der Waals surface area contributed by atoms with Gasteiger partial charge in [-0.15, -0.1) is 0 Å². The lowest BCUT2D eigenvalue weighted by atomic mass is 10.2. The van der Waals surface area contributed by atoms with Gasteiger partial charge < -0.3 is 0 Å². The van der Waals surface area contributed by atoms with Crippen molar-refractivity contribution in [1.29, 1.82) is 0 Å². The van der Waals surface area contributed by atoms with Crippen LogP contribution in [0, 0.1) is 4.91 Å². The minimum Gasteiger partial charge on any atom is -0.152 e. The Bertz CT molecular complexity index is 183. The fraction of sp³-hybridized carbons (Fsp3) is 0.333. The molecular weight excluding hydrogens is 134 g/mol. The van der Waals surface area contributed by atoms with Gasteiger partial charge >= 0.3 is 0 Å². The van der Waals surface area contributed by atoms with E-state index in [1.54, 1.807) is 18.3 Å². The monoisotopic (exact) mass is 141 g/mol. The highest BCUT2D eigenvalue weighted by Gasteiger charge is 2.02. The fourth-order valence-corrected chi connectivity index (χ4v) is 1.32. The van der Waals surface area contributed by atoms with E-state index < -0.39 is 0 Å². The summed E-state index contributed by atoms with van der Waals surface area (Å²) in [5, 5.41) is 6.77. The molecule has 0 saturated carbocycles. The molecule has 9 heavy (non-hydrogen) atoms. The molecule has 0 radical (unpaired) electrons. The van der Waals surface area contributed by atoms with E-state index in [0.717, 1.165) is 5.56 Å². The molecule has 0 amide bonds. The van der Waals surface area contributed by atoms with Crippen molar-refractivity contribution in [2.24, 2.45) is 5.18 Å². The van der Waals surface area contributed by atoms with Gasteiger partial charge in [-0.3, -0.25) is 0 Å². The standard InChI is InChI=1S/C6H7NOS/c1-5(7-8)6-2-3-9-4-6/h2-5H,1H3. The minimum absolute atomic E-state index is 0.184. The lowest BCUT2D eigenvalue weighted by Crippen LogP contribution is -1.81. The van der Waals surface area contributed by atoms with E-state index in [9.17, 15) is 4.91 Å². The van der Waals surface area contributed by atoms with E-state index in [1.807, 2.05) is 16.8 Å². The van der Waals surface area contributed by atoms with Crippen LogP contribution in [-0.4, -0.2) is 0 Å². The Morgan fingerprint density at radius 3 is 3.00 bits per heavy atom. The molecule has 1 unspecified atom stereocenters. The Labute approximate surface area is 57.5 Å². The van der Waals surface area contributed by atoms with E-state index in [4.69, 9.17) is 0 Å². The molecule has 0 fully saturated rings. The predicted molar refractivity (Wildman–Crippen MR) is 38.5 cm³/mol. The number of thiophene rings is 1. The van der Waals surface area contributed by atoms with E-state index in [0.29, 0.717) is 0 Å². The second-order valence-corrected chi connectivity index (χ2v) is 2.62. The third kappa shape index (κ3) is 1.36. The quantitative estimate of drug-likeness (QED) is 0.582. The van der Waals surface area contributed by atoms with Crippen LogP contribution in [0.4, 0.5) is 0 Å². The molecule has 0 aliphatic heterocycles. The zero-order valence-corrected chi connectivity index (χ0v) is 5.89. The summed E-state index contributed by atoms with van der Waals surface area (Å²) in [5.74, 6) is 0. The SMILES string of the molecule is CC(N=O)c1ccsc1.